The van der Waals surface area contributed by atoms with Gasteiger partial charge in [0.25, 0.3) is 0 Å². The van der Waals surface area contributed by atoms with Gasteiger partial charge in [-0.05, 0) is 19.9 Å². The van der Waals surface area contributed by atoms with Crippen molar-refractivity contribution in [1.82, 2.24) is 25.1 Å². The predicted octanol–water partition coefficient (Wildman–Crippen LogP) is 1.84. The molecule has 21 heavy (non-hydrogen) atoms. The number of hydrogen-bond donors (Lipinski definition) is 2. The van der Waals surface area contributed by atoms with E-state index in [4.69, 9.17) is 5.73 Å². The largest absolute Gasteiger partial charge is 0.383 e. The topological polar surface area (TPSA) is 96.6 Å². The van der Waals surface area contributed by atoms with Crippen molar-refractivity contribution in [3.8, 4) is 0 Å². The van der Waals surface area contributed by atoms with E-state index in [-0.39, 0.29) is 6.04 Å². The Bertz CT molecular complexity index is 780. The Morgan fingerprint density at radius 1 is 1.33 bits per heavy atom. The molecule has 0 aromatic carbocycles. The van der Waals surface area contributed by atoms with Crippen LogP contribution in [0.3, 0.4) is 0 Å². The van der Waals surface area contributed by atoms with Gasteiger partial charge in [0.1, 0.15) is 17.5 Å². The van der Waals surface area contributed by atoms with Crippen LogP contribution in [0.5, 0.6) is 0 Å². The number of H-pyrrole nitrogens is 1. The zero-order valence-electron chi connectivity index (χ0n) is 12.2. The number of hydrogen-bond acceptors (Lipinski definition) is 6. The highest BCUT2D eigenvalue weighted by Gasteiger charge is 2.19. The third-order valence-electron chi connectivity index (χ3n) is 3.64. The number of aromatic amines is 1. The Kier molecular flexibility index (Phi) is 3.17. The number of anilines is 2. The highest BCUT2D eigenvalue weighted by Crippen LogP contribution is 2.30. The Morgan fingerprint density at radius 2 is 2.14 bits per heavy atom. The molecule has 0 aliphatic heterocycles. The first-order chi connectivity index (χ1) is 10.1. The maximum Gasteiger partial charge on any atom is 0.161 e. The normalized spacial score (nSPS) is 12.5. The molecule has 0 bridgehead atoms. The summed E-state index contributed by atoms with van der Waals surface area (Å²) in [6, 6.07) is 3.89. The monoisotopic (exact) mass is 283 g/mol. The lowest BCUT2D eigenvalue weighted by Crippen LogP contribution is -2.24. The Morgan fingerprint density at radius 3 is 2.90 bits per heavy atom. The molecule has 3 rings (SSSR count). The van der Waals surface area contributed by atoms with Crippen LogP contribution < -0.4 is 10.6 Å². The van der Waals surface area contributed by atoms with E-state index in [1.165, 1.54) is 0 Å². The zero-order valence-corrected chi connectivity index (χ0v) is 12.2. The summed E-state index contributed by atoms with van der Waals surface area (Å²) in [6.45, 7) is 3.93. The number of pyridine rings is 1. The molecule has 3 N–H and O–H groups in total. The van der Waals surface area contributed by atoms with Crippen LogP contribution in [0.25, 0.3) is 11.0 Å². The molecule has 0 spiro atoms. The summed E-state index contributed by atoms with van der Waals surface area (Å²) < 4.78 is 0. The van der Waals surface area contributed by atoms with Crippen molar-refractivity contribution in [1.29, 1.82) is 0 Å². The molecule has 0 aliphatic carbocycles. The number of fused-ring (bicyclic) bond motifs is 1. The quantitative estimate of drug-likeness (QED) is 0.761. The molecule has 108 valence electrons. The smallest absolute Gasteiger partial charge is 0.161 e. The molecule has 7 nitrogen and oxygen atoms in total. The van der Waals surface area contributed by atoms with Crippen molar-refractivity contribution >= 4 is 22.7 Å². The van der Waals surface area contributed by atoms with Crippen molar-refractivity contribution < 1.29 is 0 Å². The summed E-state index contributed by atoms with van der Waals surface area (Å²) in [5, 5.41) is 7.81. The minimum absolute atomic E-state index is 0.0334. The van der Waals surface area contributed by atoms with E-state index >= 15 is 0 Å². The van der Waals surface area contributed by atoms with Gasteiger partial charge in [-0.25, -0.2) is 15.0 Å². The van der Waals surface area contributed by atoms with Crippen LogP contribution >= 0.6 is 0 Å². The first-order valence-corrected chi connectivity index (χ1v) is 6.69. The molecule has 0 saturated heterocycles. The number of nitrogens with two attached hydrogens (primary N) is 1. The highest BCUT2D eigenvalue weighted by molar-refractivity contribution is 5.86. The maximum absolute atomic E-state index is 5.97. The fourth-order valence-electron chi connectivity index (χ4n) is 2.37. The number of aryl methyl sites for hydroxylation is 1. The fourth-order valence-corrected chi connectivity index (χ4v) is 2.37. The number of nitrogens with zero attached hydrogens (tertiary/aromatic N) is 5. The minimum atomic E-state index is 0.0334. The first-order valence-electron chi connectivity index (χ1n) is 6.69. The van der Waals surface area contributed by atoms with Gasteiger partial charge in [-0.1, -0.05) is 6.07 Å². The van der Waals surface area contributed by atoms with Crippen molar-refractivity contribution in [2.24, 2.45) is 0 Å². The van der Waals surface area contributed by atoms with Crippen LogP contribution in [0.1, 0.15) is 24.4 Å². The van der Waals surface area contributed by atoms with Gasteiger partial charge in [-0.2, -0.15) is 5.10 Å². The molecular formula is C14H17N7. The fraction of sp³-hybridized carbons (Fsp3) is 0.286. The molecule has 0 radical (unpaired) electrons. The average molecular weight is 283 g/mol. The Hall–Kier alpha value is -2.70. The van der Waals surface area contributed by atoms with Crippen LogP contribution in [0, 0.1) is 6.92 Å². The molecule has 3 aromatic heterocycles. The van der Waals surface area contributed by atoms with Crippen molar-refractivity contribution in [2.45, 2.75) is 19.9 Å². The average Bonchev–Trinajstić information content (AvgIpc) is 2.93. The SMILES string of the molecule is Cc1nc(N(C)[C@@H](C)c2cccnc2N)c2cn[nH]c2n1. The summed E-state index contributed by atoms with van der Waals surface area (Å²) in [5.41, 5.74) is 7.67. The van der Waals surface area contributed by atoms with Crippen LogP contribution in [0.15, 0.2) is 24.5 Å². The van der Waals surface area contributed by atoms with E-state index in [2.05, 4.69) is 37.0 Å². The summed E-state index contributed by atoms with van der Waals surface area (Å²) in [5.74, 6) is 2.05. The van der Waals surface area contributed by atoms with Gasteiger partial charge in [0.15, 0.2) is 5.65 Å². The zero-order chi connectivity index (χ0) is 15.0. The van der Waals surface area contributed by atoms with Gasteiger partial charge < -0.3 is 10.6 Å². The van der Waals surface area contributed by atoms with Gasteiger partial charge in [-0.3, -0.25) is 5.10 Å². The van der Waals surface area contributed by atoms with Crippen molar-refractivity contribution in [2.75, 3.05) is 17.7 Å². The van der Waals surface area contributed by atoms with Crippen LogP contribution in [0.4, 0.5) is 11.6 Å². The van der Waals surface area contributed by atoms with Crippen LogP contribution in [0.2, 0.25) is 0 Å². The molecule has 0 aliphatic rings. The van der Waals surface area contributed by atoms with Gasteiger partial charge in [0.05, 0.1) is 17.6 Å². The summed E-state index contributed by atoms with van der Waals surface area (Å²) in [6.07, 6.45) is 3.43. The van der Waals surface area contributed by atoms with E-state index in [9.17, 15) is 0 Å². The summed E-state index contributed by atoms with van der Waals surface area (Å²) in [7, 11) is 1.98. The molecule has 0 saturated carbocycles. The minimum Gasteiger partial charge on any atom is -0.383 e. The third kappa shape index (κ3) is 2.26. The van der Waals surface area contributed by atoms with Crippen molar-refractivity contribution in [3.63, 3.8) is 0 Å². The molecule has 7 heteroatoms. The van der Waals surface area contributed by atoms with E-state index in [1.54, 1.807) is 12.4 Å². The molecule has 1 atom stereocenters. The second-order valence-electron chi connectivity index (χ2n) is 4.99. The van der Waals surface area contributed by atoms with Crippen LogP contribution in [-0.4, -0.2) is 32.2 Å². The number of nitrogens with one attached hydrogen (secondary N) is 1. The second kappa shape index (κ2) is 5.01. The molecular weight excluding hydrogens is 266 g/mol. The third-order valence-corrected chi connectivity index (χ3v) is 3.64. The summed E-state index contributed by atoms with van der Waals surface area (Å²) in [4.78, 5) is 15.1. The Balaban J connectivity index is 2.06. The molecule has 3 heterocycles. The molecule has 0 amide bonds. The van der Waals surface area contributed by atoms with Gasteiger partial charge in [0.2, 0.25) is 0 Å². The number of rotatable bonds is 3. The van der Waals surface area contributed by atoms with E-state index in [0.717, 1.165) is 22.4 Å². The first kappa shape index (κ1) is 13.3. The highest BCUT2D eigenvalue weighted by atomic mass is 15.2. The second-order valence-corrected chi connectivity index (χ2v) is 4.99. The van der Waals surface area contributed by atoms with E-state index in [1.807, 2.05) is 26.1 Å². The van der Waals surface area contributed by atoms with Crippen LogP contribution in [-0.2, 0) is 0 Å². The standard InChI is InChI=1S/C14H17N7/c1-8(10-5-4-6-16-12(10)15)21(3)14-11-7-17-20-13(11)18-9(2)19-14/h4-8H,1-3H3,(H2,15,16)(H,17,18,19,20)/t8-/m0/s1. The lowest BCUT2D eigenvalue weighted by molar-refractivity contribution is 0.728. The lowest BCUT2D eigenvalue weighted by atomic mass is 10.1. The number of aromatic nitrogens is 5. The summed E-state index contributed by atoms with van der Waals surface area (Å²) >= 11 is 0. The van der Waals surface area contributed by atoms with Gasteiger partial charge >= 0.3 is 0 Å². The predicted molar refractivity (Wildman–Crippen MR) is 81.9 cm³/mol. The molecule has 3 aromatic rings. The molecule has 0 fully saturated rings. The van der Waals surface area contributed by atoms with E-state index in [0.29, 0.717) is 11.6 Å². The van der Waals surface area contributed by atoms with E-state index < -0.39 is 0 Å². The number of nitrogen functional groups attached to an aromatic ring is 1. The van der Waals surface area contributed by atoms with Gasteiger partial charge in [-0.15, -0.1) is 0 Å². The van der Waals surface area contributed by atoms with Gasteiger partial charge in [0, 0.05) is 18.8 Å². The maximum atomic E-state index is 5.97. The Labute approximate surface area is 122 Å². The lowest BCUT2D eigenvalue weighted by Gasteiger charge is -2.27. The van der Waals surface area contributed by atoms with Crippen molar-refractivity contribution in [3.05, 3.63) is 35.9 Å². The molecule has 0 unspecified atom stereocenters.